The van der Waals surface area contributed by atoms with Gasteiger partial charge in [0, 0.05) is 18.7 Å². The number of amides is 1. The first kappa shape index (κ1) is 16.1. The van der Waals surface area contributed by atoms with Gasteiger partial charge in [0.1, 0.15) is 11.5 Å². The Hall–Kier alpha value is -2.28. The number of carbonyl (C=O) groups excluding carboxylic acids is 1. The molecule has 116 valence electrons. The van der Waals surface area contributed by atoms with Crippen molar-refractivity contribution in [1.82, 2.24) is 4.90 Å². The average Bonchev–Trinajstić information content (AvgIpc) is 2.90. The molecule has 0 aliphatic heterocycles. The summed E-state index contributed by atoms with van der Waals surface area (Å²) in [6, 6.07) is 8.15. The molecule has 7 heteroatoms. The van der Waals surface area contributed by atoms with E-state index in [1.54, 1.807) is 31.5 Å². The highest BCUT2D eigenvalue weighted by atomic mass is 32.2. The van der Waals surface area contributed by atoms with Crippen molar-refractivity contribution >= 4 is 23.4 Å². The quantitative estimate of drug-likeness (QED) is 0.479. The minimum Gasteiger partial charge on any atom is -0.464 e. The lowest BCUT2D eigenvalue weighted by Gasteiger charge is -2.16. The Morgan fingerprint density at radius 2 is 2.09 bits per heavy atom. The lowest BCUT2D eigenvalue weighted by Crippen LogP contribution is -2.26. The Bertz CT molecular complexity index is 711. The van der Waals surface area contributed by atoms with Crippen LogP contribution in [0.1, 0.15) is 21.9 Å². The van der Waals surface area contributed by atoms with Crippen molar-refractivity contribution in [3.8, 4) is 0 Å². The smallest absolute Gasteiger partial charge is 0.283 e. The molecule has 2 rings (SSSR count). The number of nitrogens with zero attached hydrogens (tertiary/aromatic N) is 2. The number of nitro benzene ring substituents is 1. The molecule has 22 heavy (non-hydrogen) atoms. The monoisotopic (exact) mass is 320 g/mol. The van der Waals surface area contributed by atoms with Gasteiger partial charge in [0.2, 0.25) is 0 Å². The normalized spacial score (nSPS) is 10.5. The molecule has 0 spiro atoms. The van der Waals surface area contributed by atoms with Crippen LogP contribution in [0.4, 0.5) is 5.69 Å². The lowest BCUT2D eigenvalue weighted by atomic mass is 10.1. The highest BCUT2D eigenvalue weighted by molar-refractivity contribution is 7.98. The third kappa shape index (κ3) is 3.48. The van der Waals surface area contributed by atoms with Gasteiger partial charge in [0.25, 0.3) is 11.6 Å². The minimum atomic E-state index is -0.474. The maximum absolute atomic E-state index is 12.4. The van der Waals surface area contributed by atoms with Crippen molar-refractivity contribution in [3.05, 3.63) is 57.5 Å². The van der Waals surface area contributed by atoms with Gasteiger partial charge in [-0.1, -0.05) is 0 Å². The van der Waals surface area contributed by atoms with E-state index in [0.717, 1.165) is 5.76 Å². The zero-order valence-electron chi connectivity index (χ0n) is 12.5. The first-order valence-electron chi connectivity index (χ1n) is 6.55. The predicted molar refractivity (Wildman–Crippen MR) is 84.1 cm³/mol. The maximum atomic E-state index is 12.4. The summed E-state index contributed by atoms with van der Waals surface area (Å²) in [5.41, 5.74) is 0.232. The Kier molecular flexibility index (Phi) is 4.87. The Labute approximate surface area is 132 Å². The van der Waals surface area contributed by atoms with Crippen molar-refractivity contribution in [2.45, 2.75) is 18.4 Å². The number of benzene rings is 1. The van der Waals surface area contributed by atoms with Crippen molar-refractivity contribution in [2.24, 2.45) is 0 Å². The van der Waals surface area contributed by atoms with E-state index in [-0.39, 0.29) is 17.2 Å². The summed E-state index contributed by atoms with van der Waals surface area (Å²) in [6.07, 6.45) is 1.76. The van der Waals surface area contributed by atoms with Gasteiger partial charge in [0.15, 0.2) is 0 Å². The molecule has 6 nitrogen and oxygen atoms in total. The molecule has 0 bridgehead atoms. The zero-order valence-corrected chi connectivity index (χ0v) is 13.3. The molecule has 0 N–H and O–H groups in total. The topological polar surface area (TPSA) is 76.6 Å². The Morgan fingerprint density at radius 3 is 2.64 bits per heavy atom. The summed E-state index contributed by atoms with van der Waals surface area (Å²) in [7, 11) is 1.63. The second kappa shape index (κ2) is 6.65. The number of nitro groups is 1. The van der Waals surface area contributed by atoms with Crippen LogP contribution in [0.25, 0.3) is 0 Å². The van der Waals surface area contributed by atoms with Crippen molar-refractivity contribution in [2.75, 3.05) is 13.3 Å². The molecule has 0 fully saturated rings. The molecule has 0 saturated carbocycles. The SMILES string of the molecule is CSc1ccc(C(=O)N(C)Cc2ccc(C)o2)cc1[N+](=O)[O-]. The van der Waals surface area contributed by atoms with Crippen LogP contribution < -0.4 is 0 Å². The summed E-state index contributed by atoms with van der Waals surface area (Å²) in [5.74, 6) is 1.16. The van der Waals surface area contributed by atoms with Crippen LogP contribution >= 0.6 is 11.8 Å². The van der Waals surface area contributed by atoms with Crippen LogP contribution in [0, 0.1) is 17.0 Å². The van der Waals surface area contributed by atoms with Crippen molar-refractivity contribution in [3.63, 3.8) is 0 Å². The van der Waals surface area contributed by atoms with Crippen LogP contribution in [0.3, 0.4) is 0 Å². The van der Waals surface area contributed by atoms with Gasteiger partial charge in [-0.05, 0) is 37.4 Å². The third-order valence-electron chi connectivity index (χ3n) is 3.16. The standard InChI is InChI=1S/C15H16N2O4S/c1-10-4-6-12(21-10)9-16(2)15(18)11-5-7-14(22-3)13(8-11)17(19)20/h4-8H,9H2,1-3H3. The molecule has 2 aromatic rings. The second-order valence-corrected chi connectivity index (χ2v) is 5.67. The van der Waals surface area contributed by atoms with Crippen molar-refractivity contribution < 1.29 is 14.1 Å². The van der Waals surface area contributed by atoms with Gasteiger partial charge in [-0.2, -0.15) is 0 Å². The number of thioether (sulfide) groups is 1. The molecule has 0 unspecified atom stereocenters. The predicted octanol–water partition coefficient (Wildman–Crippen LogP) is 3.49. The second-order valence-electron chi connectivity index (χ2n) is 4.82. The Morgan fingerprint density at radius 1 is 1.36 bits per heavy atom. The molecule has 1 heterocycles. The van der Waals surface area contributed by atoms with Crippen molar-refractivity contribution in [1.29, 1.82) is 0 Å². The molecular formula is C15H16N2O4S. The van der Waals surface area contributed by atoms with E-state index < -0.39 is 4.92 Å². The van der Waals surface area contributed by atoms with Gasteiger partial charge in [-0.3, -0.25) is 14.9 Å². The number of furan rings is 1. The molecule has 0 atom stereocenters. The number of rotatable bonds is 5. The third-order valence-corrected chi connectivity index (χ3v) is 3.94. The minimum absolute atomic E-state index is 0.0550. The molecule has 1 amide bonds. The molecule has 0 aliphatic rings. The number of hydrogen-bond acceptors (Lipinski definition) is 5. The maximum Gasteiger partial charge on any atom is 0.283 e. The van der Waals surface area contributed by atoms with E-state index in [9.17, 15) is 14.9 Å². The van der Waals surface area contributed by atoms with Gasteiger partial charge >= 0.3 is 0 Å². The van der Waals surface area contributed by atoms with E-state index in [0.29, 0.717) is 17.2 Å². The summed E-state index contributed by atoms with van der Waals surface area (Å²) < 4.78 is 5.43. The van der Waals surface area contributed by atoms with Gasteiger partial charge in [-0.25, -0.2) is 0 Å². The van der Waals surface area contributed by atoms with Crippen LogP contribution in [-0.4, -0.2) is 29.0 Å². The highest BCUT2D eigenvalue weighted by Crippen LogP contribution is 2.28. The van der Waals surface area contributed by atoms with E-state index in [1.165, 1.54) is 22.7 Å². The molecule has 1 aromatic heterocycles. The van der Waals surface area contributed by atoms with Gasteiger partial charge < -0.3 is 9.32 Å². The first-order chi connectivity index (χ1) is 10.4. The first-order valence-corrected chi connectivity index (χ1v) is 7.78. The molecular weight excluding hydrogens is 304 g/mol. The van der Waals surface area contributed by atoms with Gasteiger partial charge in [0.05, 0.1) is 16.4 Å². The molecule has 0 saturated heterocycles. The zero-order chi connectivity index (χ0) is 16.3. The summed E-state index contributed by atoms with van der Waals surface area (Å²) in [5, 5.41) is 11.1. The van der Waals surface area contributed by atoms with Gasteiger partial charge in [-0.15, -0.1) is 11.8 Å². The summed E-state index contributed by atoms with van der Waals surface area (Å²) >= 11 is 1.28. The molecule has 0 aliphatic carbocycles. The van der Waals surface area contributed by atoms with Crippen LogP contribution in [0.15, 0.2) is 39.6 Å². The lowest BCUT2D eigenvalue weighted by molar-refractivity contribution is -0.387. The highest BCUT2D eigenvalue weighted by Gasteiger charge is 2.19. The largest absolute Gasteiger partial charge is 0.464 e. The van der Waals surface area contributed by atoms with Crippen LogP contribution in [0.5, 0.6) is 0 Å². The van der Waals surface area contributed by atoms with E-state index in [1.807, 2.05) is 13.0 Å². The number of hydrogen-bond donors (Lipinski definition) is 0. The average molecular weight is 320 g/mol. The van der Waals surface area contributed by atoms with Crippen LogP contribution in [0.2, 0.25) is 0 Å². The van der Waals surface area contributed by atoms with E-state index in [2.05, 4.69) is 0 Å². The number of aryl methyl sites for hydroxylation is 1. The fraction of sp³-hybridized carbons (Fsp3) is 0.267. The summed E-state index contributed by atoms with van der Waals surface area (Å²) in [4.78, 5) is 25.0. The fourth-order valence-corrected chi connectivity index (χ4v) is 2.61. The van der Waals surface area contributed by atoms with Crippen LogP contribution in [-0.2, 0) is 6.54 Å². The van der Waals surface area contributed by atoms with E-state index >= 15 is 0 Å². The Balaban J connectivity index is 2.21. The summed E-state index contributed by atoms with van der Waals surface area (Å²) in [6.45, 7) is 2.14. The fourth-order valence-electron chi connectivity index (χ4n) is 2.06. The number of carbonyl (C=O) groups is 1. The molecule has 0 radical (unpaired) electrons. The van der Waals surface area contributed by atoms with E-state index in [4.69, 9.17) is 4.42 Å². The molecule has 1 aromatic carbocycles.